The molecule has 1 unspecified atom stereocenters. The van der Waals surface area contributed by atoms with Gasteiger partial charge >= 0.3 is 0 Å². The summed E-state index contributed by atoms with van der Waals surface area (Å²) in [4.78, 5) is 17.0. The van der Waals surface area contributed by atoms with Crippen LogP contribution in [0.5, 0.6) is 0 Å². The Balaban J connectivity index is 1.58. The molecule has 1 aromatic heterocycles. The molecule has 25 heavy (non-hydrogen) atoms. The van der Waals surface area contributed by atoms with Crippen molar-refractivity contribution in [3.05, 3.63) is 54.4 Å². The lowest BCUT2D eigenvalue weighted by molar-refractivity contribution is -0.150. The van der Waals surface area contributed by atoms with Gasteiger partial charge in [0.25, 0.3) is 5.91 Å². The van der Waals surface area contributed by atoms with Crippen LogP contribution in [0.25, 0.3) is 11.1 Å². The highest BCUT2D eigenvalue weighted by Crippen LogP contribution is 2.26. The molecular formula is C20H23N3O2. The fourth-order valence-electron chi connectivity index (χ4n) is 3.27. The van der Waals surface area contributed by atoms with Gasteiger partial charge in [-0.05, 0) is 35.6 Å². The summed E-state index contributed by atoms with van der Waals surface area (Å²) in [6.45, 7) is 1.89. The van der Waals surface area contributed by atoms with Gasteiger partial charge < -0.3 is 15.4 Å². The molecule has 0 radical (unpaired) electrons. The first kappa shape index (κ1) is 16.2. The van der Waals surface area contributed by atoms with Crippen LogP contribution >= 0.6 is 0 Å². The van der Waals surface area contributed by atoms with Gasteiger partial charge in [0.05, 0.1) is 6.61 Å². The number of hydrogen-bond acceptors (Lipinski definition) is 4. The first-order chi connectivity index (χ1) is 12.3. The first-order valence-electron chi connectivity index (χ1n) is 8.90. The van der Waals surface area contributed by atoms with Gasteiger partial charge in [0, 0.05) is 37.9 Å². The topological polar surface area (TPSA) is 63.2 Å². The van der Waals surface area contributed by atoms with Crippen LogP contribution in [-0.4, -0.2) is 42.2 Å². The fourth-order valence-corrected chi connectivity index (χ4v) is 3.27. The summed E-state index contributed by atoms with van der Waals surface area (Å²) in [6.07, 6.45) is 6.34. The zero-order valence-electron chi connectivity index (χ0n) is 14.2. The molecule has 1 aliphatic carbocycles. The Morgan fingerprint density at radius 1 is 1.28 bits per heavy atom. The van der Waals surface area contributed by atoms with E-state index in [1.165, 1.54) is 0 Å². The number of hydrogen-bond donors (Lipinski definition) is 2. The number of ether oxygens (including phenoxy) is 1. The van der Waals surface area contributed by atoms with Crippen LogP contribution in [-0.2, 0) is 16.0 Å². The SMILES string of the molecule is O=C(NC1CC1)C1(Cc2cccc(-c3cccnc3)c2)CNCCO1. The lowest BCUT2D eigenvalue weighted by atomic mass is 9.90. The standard InChI is InChI=1S/C20H23N3O2/c24-19(23-18-6-7-18)20(14-22-9-10-25-20)12-15-3-1-4-16(11-15)17-5-2-8-21-13-17/h1-5,8,11,13,18,22H,6-7,9-10,12,14H2,(H,23,24). The van der Waals surface area contributed by atoms with E-state index in [9.17, 15) is 4.79 Å². The average molecular weight is 337 g/mol. The third-order valence-electron chi connectivity index (χ3n) is 4.81. The lowest BCUT2D eigenvalue weighted by Crippen LogP contribution is -2.60. The molecule has 5 heteroatoms. The van der Waals surface area contributed by atoms with Crippen molar-refractivity contribution < 1.29 is 9.53 Å². The quantitative estimate of drug-likeness (QED) is 0.875. The van der Waals surface area contributed by atoms with Gasteiger partial charge in [-0.15, -0.1) is 0 Å². The number of rotatable bonds is 5. The number of aromatic nitrogens is 1. The zero-order chi connectivity index (χ0) is 17.1. The minimum atomic E-state index is -0.825. The Bertz CT molecular complexity index is 738. The van der Waals surface area contributed by atoms with Crippen LogP contribution in [0, 0.1) is 0 Å². The average Bonchev–Trinajstić information content (AvgIpc) is 3.47. The third-order valence-corrected chi connectivity index (χ3v) is 4.81. The molecule has 2 aliphatic rings. The van der Waals surface area contributed by atoms with Crippen molar-refractivity contribution in [3.63, 3.8) is 0 Å². The molecule has 0 spiro atoms. The van der Waals surface area contributed by atoms with Gasteiger partial charge in [0.1, 0.15) is 0 Å². The molecular weight excluding hydrogens is 314 g/mol. The lowest BCUT2D eigenvalue weighted by Gasteiger charge is -2.36. The Hall–Kier alpha value is -2.24. The molecule has 1 aromatic carbocycles. The molecule has 1 amide bonds. The van der Waals surface area contributed by atoms with Crippen molar-refractivity contribution in [2.75, 3.05) is 19.7 Å². The summed E-state index contributed by atoms with van der Waals surface area (Å²) in [6, 6.07) is 12.6. The van der Waals surface area contributed by atoms with E-state index in [4.69, 9.17) is 4.74 Å². The molecule has 2 N–H and O–H groups in total. The highest BCUT2D eigenvalue weighted by Gasteiger charge is 2.43. The Labute approximate surface area is 147 Å². The summed E-state index contributed by atoms with van der Waals surface area (Å²) in [5, 5.41) is 6.44. The summed E-state index contributed by atoms with van der Waals surface area (Å²) in [7, 11) is 0. The first-order valence-corrected chi connectivity index (χ1v) is 8.90. The molecule has 0 bridgehead atoms. The van der Waals surface area contributed by atoms with Crippen molar-refractivity contribution in [2.24, 2.45) is 0 Å². The predicted molar refractivity (Wildman–Crippen MR) is 96.1 cm³/mol. The summed E-state index contributed by atoms with van der Waals surface area (Å²) in [5.74, 6) is 0.00832. The zero-order valence-corrected chi connectivity index (χ0v) is 14.2. The second kappa shape index (κ2) is 6.94. The van der Waals surface area contributed by atoms with Crippen molar-refractivity contribution in [3.8, 4) is 11.1 Å². The van der Waals surface area contributed by atoms with Crippen molar-refractivity contribution in [1.29, 1.82) is 0 Å². The summed E-state index contributed by atoms with van der Waals surface area (Å²) in [5.41, 5.74) is 2.45. The van der Waals surface area contributed by atoms with E-state index in [-0.39, 0.29) is 5.91 Å². The third kappa shape index (κ3) is 3.72. The maximum atomic E-state index is 12.8. The van der Waals surface area contributed by atoms with E-state index in [0.29, 0.717) is 25.6 Å². The number of benzene rings is 1. The van der Waals surface area contributed by atoms with Gasteiger partial charge in [-0.3, -0.25) is 9.78 Å². The molecule has 2 aromatic rings. The Kier molecular flexibility index (Phi) is 4.51. The van der Waals surface area contributed by atoms with Crippen LogP contribution in [0.15, 0.2) is 48.8 Å². The van der Waals surface area contributed by atoms with Crippen molar-refractivity contribution >= 4 is 5.91 Å². The normalized spacial score (nSPS) is 23.2. The van der Waals surface area contributed by atoms with Crippen molar-refractivity contribution in [2.45, 2.75) is 30.9 Å². The van der Waals surface area contributed by atoms with Gasteiger partial charge in [-0.2, -0.15) is 0 Å². The summed E-state index contributed by atoms with van der Waals surface area (Å²) < 4.78 is 6.02. The van der Waals surface area contributed by atoms with Gasteiger partial charge in [-0.25, -0.2) is 0 Å². The van der Waals surface area contributed by atoms with Gasteiger partial charge in [0.15, 0.2) is 5.60 Å². The molecule has 2 fully saturated rings. The van der Waals surface area contributed by atoms with Crippen LogP contribution < -0.4 is 10.6 Å². The van der Waals surface area contributed by atoms with E-state index in [1.54, 1.807) is 6.20 Å². The van der Waals surface area contributed by atoms with Gasteiger partial charge in [-0.1, -0.05) is 30.3 Å². The highest BCUT2D eigenvalue weighted by atomic mass is 16.5. The monoisotopic (exact) mass is 337 g/mol. The van der Waals surface area contributed by atoms with E-state index in [2.05, 4.69) is 33.8 Å². The molecule has 1 aliphatic heterocycles. The van der Waals surface area contributed by atoms with E-state index < -0.39 is 5.60 Å². The van der Waals surface area contributed by atoms with Crippen molar-refractivity contribution in [1.82, 2.24) is 15.6 Å². The second-order valence-corrected chi connectivity index (χ2v) is 6.89. The van der Waals surface area contributed by atoms with Crippen LogP contribution in [0.1, 0.15) is 18.4 Å². The molecule has 1 saturated carbocycles. The van der Waals surface area contributed by atoms with Crippen LogP contribution in [0.2, 0.25) is 0 Å². The maximum absolute atomic E-state index is 12.8. The minimum absolute atomic E-state index is 0.00832. The highest BCUT2D eigenvalue weighted by molar-refractivity contribution is 5.86. The molecule has 130 valence electrons. The van der Waals surface area contributed by atoms with Crippen LogP contribution in [0.4, 0.5) is 0 Å². The number of amides is 1. The second-order valence-electron chi connectivity index (χ2n) is 6.89. The Morgan fingerprint density at radius 3 is 2.88 bits per heavy atom. The van der Waals surface area contributed by atoms with Crippen LogP contribution in [0.3, 0.4) is 0 Å². The minimum Gasteiger partial charge on any atom is -0.362 e. The number of nitrogens with zero attached hydrogens (tertiary/aromatic N) is 1. The van der Waals surface area contributed by atoms with E-state index >= 15 is 0 Å². The largest absolute Gasteiger partial charge is 0.362 e. The molecule has 2 heterocycles. The maximum Gasteiger partial charge on any atom is 0.254 e. The predicted octanol–water partition coefficient (Wildman–Crippen LogP) is 1.93. The molecule has 1 atom stereocenters. The van der Waals surface area contributed by atoms with Gasteiger partial charge in [0.2, 0.25) is 0 Å². The molecule has 5 nitrogen and oxygen atoms in total. The number of morpholine rings is 1. The number of carbonyl (C=O) groups is 1. The fraction of sp³-hybridized carbons (Fsp3) is 0.400. The smallest absolute Gasteiger partial charge is 0.254 e. The van der Waals surface area contributed by atoms with E-state index in [0.717, 1.165) is 36.1 Å². The molecule has 1 saturated heterocycles. The number of carbonyl (C=O) groups excluding carboxylic acids is 1. The number of pyridine rings is 1. The number of nitrogens with one attached hydrogen (secondary N) is 2. The van der Waals surface area contributed by atoms with E-state index in [1.807, 2.05) is 24.4 Å². The Morgan fingerprint density at radius 2 is 2.16 bits per heavy atom. The molecule has 4 rings (SSSR count). The summed E-state index contributed by atoms with van der Waals surface area (Å²) >= 11 is 0.